The van der Waals surface area contributed by atoms with Gasteiger partial charge in [-0.15, -0.1) is 0 Å². The Kier molecular flexibility index (Phi) is 6.87. The van der Waals surface area contributed by atoms with Gasteiger partial charge < -0.3 is 26.6 Å². The van der Waals surface area contributed by atoms with E-state index in [0.29, 0.717) is 6.54 Å². The van der Waals surface area contributed by atoms with Crippen LogP contribution in [-0.4, -0.2) is 77.3 Å². The quantitative estimate of drug-likeness (QED) is 0.407. The van der Waals surface area contributed by atoms with Crippen LogP contribution < -0.4 is 21.7 Å². The lowest BCUT2D eigenvalue weighted by atomic mass is 9.73. The van der Waals surface area contributed by atoms with E-state index in [1.807, 2.05) is 41.5 Å². The summed E-state index contributed by atoms with van der Waals surface area (Å²) in [5.74, 6) is -0.845. The molecular formula is C23H38N6O5. The van der Waals surface area contributed by atoms with E-state index in [1.54, 1.807) is 0 Å². The molecule has 5 atom stereocenters. The molecule has 0 unspecified atom stereocenters. The minimum Gasteiger partial charge on any atom is -0.368 e. The van der Waals surface area contributed by atoms with Gasteiger partial charge in [0.05, 0.1) is 19.1 Å². The second kappa shape index (κ2) is 9.07. The maximum absolute atomic E-state index is 13.6. The Morgan fingerprint density at radius 3 is 2.15 bits per heavy atom. The molecule has 3 aliphatic rings. The number of nitrogens with two attached hydrogens (primary N) is 1. The third-order valence-corrected chi connectivity index (χ3v) is 7.26. The summed E-state index contributed by atoms with van der Waals surface area (Å²) >= 11 is 0. The van der Waals surface area contributed by atoms with E-state index in [-0.39, 0.29) is 36.7 Å². The molecule has 2 heterocycles. The lowest BCUT2D eigenvalue weighted by Gasteiger charge is -2.37. The summed E-state index contributed by atoms with van der Waals surface area (Å²) in [6, 6.07) is -3.19. The highest BCUT2D eigenvalue weighted by atomic mass is 16.2. The van der Waals surface area contributed by atoms with Gasteiger partial charge in [0.25, 0.3) is 0 Å². The van der Waals surface area contributed by atoms with Gasteiger partial charge in [-0.2, -0.15) is 0 Å². The molecule has 3 rings (SSSR count). The molecule has 0 radical (unpaired) electrons. The van der Waals surface area contributed by atoms with Crippen LogP contribution >= 0.6 is 0 Å². The number of rotatable bonds is 6. The Labute approximate surface area is 200 Å². The largest absolute Gasteiger partial charge is 0.368 e. The van der Waals surface area contributed by atoms with Crippen molar-refractivity contribution in [2.24, 2.45) is 28.4 Å². The number of primary amides is 1. The fourth-order valence-corrected chi connectivity index (χ4v) is 4.93. The third kappa shape index (κ3) is 5.12. The van der Waals surface area contributed by atoms with E-state index < -0.39 is 46.9 Å². The molecule has 3 fully saturated rings. The molecule has 2 aliphatic heterocycles. The van der Waals surface area contributed by atoms with Crippen molar-refractivity contribution in [3.8, 4) is 0 Å². The summed E-state index contributed by atoms with van der Waals surface area (Å²) in [5, 5.41) is 8.12. The van der Waals surface area contributed by atoms with E-state index in [2.05, 4.69) is 16.0 Å². The topological polar surface area (TPSA) is 154 Å². The molecule has 1 saturated carbocycles. The van der Waals surface area contributed by atoms with Crippen molar-refractivity contribution in [2.75, 3.05) is 19.6 Å². The molecular weight excluding hydrogens is 440 g/mol. The highest BCUT2D eigenvalue weighted by Crippen LogP contribution is 2.45. The molecule has 0 bridgehead atoms. The zero-order valence-corrected chi connectivity index (χ0v) is 20.9. The number of nitrogens with zero attached hydrogens (tertiary/aromatic N) is 2. The smallest absolute Gasteiger partial charge is 0.324 e. The maximum Gasteiger partial charge on any atom is 0.324 e. The van der Waals surface area contributed by atoms with Crippen LogP contribution in [0, 0.1) is 22.7 Å². The Bertz CT molecular complexity index is 860. The lowest BCUT2D eigenvalue weighted by Crippen LogP contribution is -2.61. The van der Waals surface area contributed by atoms with Crippen molar-refractivity contribution in [3.63, 3.8) is 0 Å². The number of carbonyl (C=O) groups excluding carboxylic acids is 5. The van der Waals surface area contributed by atoms with Crippen molar-refractivity contribution >= 4 is 29.8 Å². The standard InChI is InChI=1S/C23H38N6O5/c1-22(2,3)14(11-28-15(30)9-25-21(28)34)26-20(33)27-17(23(4,5)6)19(32)29-10-12-7-8-13(12)16(29)18(24)31/h12-14,16-17H,7-11H2,1-6H3,(H2,24,31)(H,25,34)(H2,26,27,33)/t12-,13-,14+,16-,17+/m0/s1. The summed E-state index contributed by atoms with van der Waals surface area (Å²) < 4.78 is 0. The van der Waals surface area contributed by atoms with Gasteiger partial charge in [-0.25, -0.2) is 9.59 Å². The SMILES string of the molecule is CC(C)(C)[C@H](NC(=O)N[C@H](CN1C(=O)CNC1=O)C(C)(C)C)C(=O)N1C[C@@H]2CC[C@@H]2[C@H]1C(N)=O. The monoisotopic (exact) mass is 478 g/mol. The molecule has 1 aliphatic carbocycles. The van der Waals surface area contributed by atoms with E-state index in [9.17, 15) is 24.0 Å². The number of imide groups is 1. The summed E-state index contributed by atoms with van der Waals surface area (Å²) in [6.07, 6.45) is 1.83. The van der Waals surface area contributed by atoms with Crippen molar-refractivity contribution in [1.29, 1.82) is 0 Å². The maximum atomic E-state index is 13.6. The molecule has 0 aromatic carbocycles. The Balaban J connectivity index is 1.74. The fraction of sp³-hybridized carbons (Fsp3) is 0.783. The van der Waals surface area contributed by atoms with Crippen LogP contribution in [0.5, 0.6) is 0 Å². The first-order chi connectivity index (χ1) is 15.6. The average molecular weight is 479 g/mol. The fourth-order valence-electron chi connectivity index (χ4n) is 4.93. The van der Waals surface area contributed by atoms with Crippen LogP contribution in [0.1, 0.15) is 54.4 Å². The molecule has 0 spiro atoms. The number of likely N-dealkylation sites (tertiary alicyclic amines) is 1. The number of fused-ring (bicyclic) bond motifs is 1. The first kappa shape index (κ1) is 25.8. The number of amides is 7. The van der Waals surface area contributed by atoms with E-state index in [0.717, 1.165) is 17.7 Å². The highest BCUT2D eigenvalue weighted by Gasteiger charge is 2.53. The van der Waals surface area contributed by atoms with Crippen LogP contribution in [0.25, 0.3) is 0 Å². The van der Waals surface area contributed by atoms with Gasteiger partial charge in [0, 0.05) is 6.54 Å². The van der Waals surface area contributed by atoms with E-state index >= 15 is 0 Å². The van der Waals surface area contributed by atoms with Crippen molar-refractivity contribution in [1.82, 2.24) is 25.8 Å². The van der Waals surface area contributed by atoms with Crippen LogP contribution in [0.3, 0.4) is 0 Å². The first-order valence-corrected chi connectivity index (χ1v) is 11.9. The minimum atomic E-state index is -0.899. The lowest BCUT2D eigenvalue weighted by molar-refractivity contribution is -0.141. The van der Waals surface area contributed by atoms with Crippen LogP contribution in [0.4, 0.5) is 9.59 Å². The number of hydrogen-bond donors (Lipinski definition) is 4. The van der Waals surface area contributed by atoms with Gasteiger partial charge in [-0.1, -0.05) is 41.5 Å². The summed E-state index contributed by atoms with van der Waals surface area (Å²) in [6.45, 7) is 11.6. The van der Waals surface area contributed by atoms with Gasteiger partial charge in [0.1, 0.15) is 12.1 Å². The number of carbonyl (C=O) groups is 5. The molecule has 7 amide bonds. The van der Waals surface area contributed by atoms with Gasteiger partial charge in [-0.3, -0.25) is 19.3 Å². The van der Waals surface area contributed by atoms with E-state index in [4.69, 9.17) is 5.73 Å². The Morgan fingerprint density at radius 2 is 1.71 bits per heavy atom. The van der Waals surface area contributed by atoms with Crippen LogP contribution in [0.2, 0.25) is 0 Å². The van der Waals surface area contributed by atoms with Gasteiger partial charge >= 0.3 is 12.1 Å². The van der Waals surface area contributed by atoms with Crippen molar-refractivity contribution in [3.05, 3.63) is 0 Å². The zero-order chi connectivity index (χ0) is 25.6. The molecule has 11 nitrogen and oxygen atoms in total. The molecule has 0 aromatic rings. The summed E-state index contributed by atoms with van der Waals surface area (Å²) in [5.41, 5.74) is 4.52. The third-order valence-electron chi connectivity index (χ3n) is 7.26. The molecule has 2 saturated heterocycles. The number of hydrogen-bond acceptors (Lipinski definition) is 5. The predicted molar refractivity (Wildman–Crippen MR) is 124 cm³/mol. The van der Waals surface area contributed by atoms with Crippen molar-refractivity contribution < 1.29 is 24.0 Å². The normalized spacial score (nSPS) is 26.4. The molecule has 34 heavy (non-hydrogen) atoms. The zero-order valence-electron chi connectivity index (χ0n) is 20.9. The predicted octanol–water partition coefficient (Wildman–Crippen LogP) is 0.389. The Hall–Kier alpha value is -2.85. The molecule has 0 aromatic heterocycles. The average Bonchev–Trinajstić information content (AvgIpc) is 3.13. The van der Waals surface area contributed by atoms with Crippen LogP contribution in [0.15, 0.2) is 0 Å². The molecule has 190 valence electrons. The second-order valence-electron chi connectivity index (χ2n) is 11.8. The van der Waals surface area contributed by atoms with E-state index in [1.165, 1.54) is 4.90 Å². The summed E-state index contributed by atoms with van der Waals surface area (Å²) in [7, 11) is 0. The first-order valence-electron chi connectivity index (χ1n) is 11.9. The summed E-state index contributed by atoms with van der Waals surface area (Å²) in [4.78, 5) is 65.5. The van der Waals surface area contributed by atoms with Gasteiger partial charge in [-0.05, 0) is 35.5 Å². The Morgan fingerprint density at radius 1 is 1.06 bits per heavy atom. The molecule has 5 N–H and O–H groups in total. The minimum absolute atomic E-state index is 0.00888. The molecule has 11 heteroatoms. The van der Waals surface area contributed by atoms with Gasteiger partial charge in [0.2, 0.25) is 17.7 Å². The number of nitrogens with one attached hydrogen (secondary N) is 3. The van der Waals surface area contributed by atoms with Crippen LogP contribution in [-0.2, 0) is 14.4 Å². The highest BCUT2D eigenvalue weighted by molar-refractivity contribution is 6.02. The van der Waals surface area contributed by atoms with Crippen molar-refractivity contribution in [2.45, 2.75) is 72.5 Å². The number of urea groups is 2. The van der Waals surface area contributed by atoms with Gasteiger partial charge in [0.15, 0.2) is 0 Å². The second-order valence-corrected chi connectivity index (χ2v) is 11.8.